The average Bonchev–Trinajstić information content (AvgIpc) is 3.27. The molecule has 0 fully saturated rings. The van der Waals surface area contributed by atoms with Crippen LogP contribution in [0.25, 0.3) is 0 Å². The third-order valence-electron chi connectivity index (χ3n) is 4.39. The maximum absolute atomic E-state index is 12.7. The zero-order valence-corrected chi connectivity index (χ0v) is 16.4. The lowest BCUT2D eigenvalue weighted by atomic mass is 10.00. The van der Waals surface area contributed by atoms with Crippen molar-refractivity contribution in [1.82, 2.24) is 10.6 Å². The van der Waals surface area contributed by atoms with Gasteiger partial charge in [0.05, 0.1) is 36.1 Å². The fourth-order valence-corrected chi connectivity index (χ4v) is 4.12. The van der Waals surface area contributed by atoms with Crippen LogP contribution in [0.1, 0.15) is 29.2 Å². The predicted octanol–water partition coefficient (Wildman–Crippen LogP) is 1.54. The Morgan fingerprint density at radius 3 is 2.81 bits per heavy atom. The molecule has 27 heavy (non-hydrogen) atoms. The number of urea groups is 1. The molecule has 3 N–H and O–H groups in total. The Morgan fingerprint density at radius 1 is 1.37 bits per heavy atom. The molecule has 2 aromatic rings. The molecule has 0 saturated heterocycles. The van der Waals surface area contributed by atoms with E-state index < -0.39 is 12.0 Å². The first-order valence-corrected chi connectivity index (χ1v) is 9.73. The summed E-state index contributed by atoms with van der Waals surface area (Å²) in [5, 5.41) is 7.62. The van der Waals surface area contributed by atoms with Gasteiger partial charge in [0.2, 0.25) is 0 Å². The van der Waals surface area contributed by atoms with E-state index in [-0.39, 0.29) is 12.6 Å². The second-order valence-corrected chi connectivity index (χ2v) is 7.50. The topological polar surface area (TPSA) is 85.0 Å². The van der Waals surface area contributed by atoms with Crippen molar-refractivity contribution in [1.29, 1.82) is 0 Å². The number of likely N-dealkylation sites (N-methyl/N-ethyl adjacent to an activating group) is 1. The van der Waals surface area contributed by atoms with Crippen LogP contribution >= 0.6 is 11.3 Å². The molecular formula is C19H24N3O4S+. The molecule has 1 aliphatic rings. The third-order valence-corrected chi connectivity index (χ3v) is 5.41. The molecule has 2 amide bonds. The van der Waals surface area contributed by atoms with E-state index in [0.717, 1.165) is 11.4 Å². The largest absolute Gasteiger partial charge is 0.467 e. The molecule has 144 valence electrons. The second-order valence-electron chi connectivity index (χ2n) is 6.50. The molecule has 0 saturated carbocycles. The zero-order valence-electron chi connectivity index (χ0n) is 15.6. The van der Waals surface area contributed by atoms with E-state index in [1.54, 1.807) is 30.4 Å². The van der Waals surface area contributed by atoms with Gasteiger partial charge in [0.15, 0.2) is 0 Å². The standard InChI is InChI=1S/C19H23N3O4S/c1-4-25-18(23)16-13(10-22(3)11-15-12(2)7-9-27-15)20-19(24)21-17(16)14-6-5-8-26-14/h5-9,17H,4,10-11H2,1-3H3,(H2,20,21,24)/p+1/t17-/m0/s1. The minimum Gasteiger partial charge on any atom is -0.467 e. The van der Waals surface area contributed by atoms with Crippen LogP contribution in [0.15, 0.2) is 45.5 Å². The average molecular weight is 390 g/mol. The molecule has 0 radical (unpaired) electrons. The number of nitrogens with one attached hydrogen (secondary N) is 3. The Kier molecular flexibility index (Phi) is 5.98. The highest BCUT2D eigenvalue weighted by Crippen LogP contribution is 2.27. The third kappa shape index (κ3) is 4.40. The fourth-order valence-electron chi connectivity index (χ4n) is 3.10. The van der Waals surface area contributed by atoms with Gasteiger partial charge < -0.3 is 24.7 Å². The summed E-state index contributed by atoms with van der Waals surface area (Å²) < 4.78 is 10.7. The minimum atomic E-state index is -0.668. The van der Waals surface area contributed by atoms with Gasteiger partial charge in [-0.2, -0.15) is 0 Å². The molecule has 2 atom stereocenters. The van der Waals surface area contributed by atoms with E-state index in [0.29, 0.717) is 23.6 Å². The van der Waals surface area contributed by atoms with E-state index in [1.165, 1.54) is 16.7 Å². The van der Waals surface area contributed by atoms with Gasteiger partial charge >= 0.3 is 12.0 Å². The summed E-state index contributed by atoms with van der Waals surface area (Å²) in [6.07, 6.45) is 1.52. The number of carbonyl (C=O) groups is 2. The van der Waals surface area contributed by atoms with Gasteiger partial charge in [-0.1, -0.05) is 0 Å². The normalized spacial score (nSPS) is 18.0. The number of hydrogen-bond donors (Lipinski definition) is 3. The van der Waals surface area contributed by atoms with Crippen LogP contribution in [0, 0.1) is 6.92 Å². The Labute approximate surface area is 162 Å². The molecule has 3 heterocycles. The van der Waals surface area contributed by atoms with E-state index >= 15 is 0 Å². The number of amides is 2. The number of ether oxygens (including phenoxy) is 1. The van der Waals surface area contributed by atoms with Gasteiger partial charge in [-0.15, -0.1) is 11.3 Å². The van der Waals surface area contributed by atoms with E-state index in [4.69, 9.17) is 9.15 Å². The van der Waals surface area contributed by atoms with Crippen LogP contribution in [0.5, 0.6) is 0 Å². The fraction of sp³-hybridized carbons (Fsp3) is 0.368. The predicted molar refractivity (Wildman–Crippen MR) is 101 cm³/mol. The number of aryl methyl sites for hydroxylation is 1. The molecule has 1 aliphatic heterocycles. The zero-order chi connectivity index (χ0) is 19.4. The summed E-state index contributed by atoms with van der Waals surface area (Å²) in [4.78, 5) is 27.3. The molecule has 7 nitrogen and oxygen atoms in total. The molecule has 3 rings (SSSR count). The van der Waals surface area contributed by atoms with E-state index in [1.807, 2.05) is 7.05 Å². The number of quaternary nitrogens is 1. The molecule has 1 unspecified atom stereocenters. The Morgan fingerprint density at radius 2 is 2.19 bits per heavy atom. The van der Waals surface area contributed by atoms with Gasteiger partial charge in [-0.05, 0) is 43.0 Å². The van der Waals surface area contributed by atoms with E-state index in [9.17, 15) is 9.59 Å². The molecule has 0 bridgehead atoms. The smallest absolute Gasteiger partial charge is 0.338 e. The Hall–Kier alpha value is -2.58. The van der Waals surface area contributed by atoms with Crippen molar-refractivity contribution in [2.75, 3.05) is 20.2 Å². The monoisotopic (exact) mass is 390 g/mol. The van der Waals surface area contributed by atoms with Crippen LogP contribution in [-0.2, 0) is 16.1 Å². The SMILES string of the molecule is CCOC(=O)C1=C(C[NH+](C)Cc2sccc2C)NC(=O)N[C@H]1c1ccco1. The lowest BCUT2D eigenvalue weighted by molar-refractivity contribution is -0.888. The summed E-state index contributed by atoms with van der Waals surface area (Å²) >= 11 is 1.71. The first kappa shape index (κ1) is 19.2. The highest BCUT2D eigenvalue weighted by atomic mass is 32.1. The number of esters is 1. The van der Waals surface area contributed by atoms with Crippen molar-refractivity contribution in [2.45, 2.75) is 26.4 Å². The number of hydrogen-bond acceptors (Lipinski definition) is 5. The van der Waals surface area contributed by atoms with Crippen molar-refractivity contribution in [3.8, 4) is 0 Å². The minimum absolute atomic E-state index is 0.255. The lowest BCUT2D eigenvalue weighted by Gasteiger charge is -2.28. The summed E-state index contributed by atoms with van der Waals surface area (Å²) in [6, 6.07) is 4.52. The maximum atomic E-state index is 12.7. The molecule has 0 spiro atoms. The summed E-state index contributed by atoms with van der Waals surface area (Å²) in [6.45, 7) is 5.38. The van der Waals surface area contributed by atoms with Crippen molar-refractivity contribution in [3.63, 3.8) is 0 Å². The number of carbonyl (C=O) groups excluding carboxylic acids is 2. The summed E-state index contributed by atoms with van der Waals surface area (Å²) in [7, 11) is 2.03. The van der Waals surface area contributed by atoms with Crippen LogP contribution < -0.4 is 15.5 Å². The van der Waals surface area contributed by atoms with Crippen molar-refractivity contribution in [2.24, 2.45) is 0 Å². The van der Waals surface area contributed by atoms with Crippen molar-refractivity contribution < 1.29 is 23.6 Å². The van der Waals surface area contributed by atoms with E-state index in [2.05, 4.69) is 29.0 Å². The Balaban J connectivity index is 1.90. The summed E-state index contributed by atoms with van der Waals surface area (Å²) in [5.74, 6) is 0.0404. The van der Waals surface area contributed by atoms with Gasteiger partial charge in [0.1, 0.15) is 24.9 Å². The van der Waals surface area contributed by atoms with Crippen molar-refractivity contribution >= 4 is 23.3 Å². The van der Waals surface area contributed by atoms with Gasteiger partial charge in [0, 0.05) is 0 Å². The highest BCUT2D eigenvalue weighted by Gasteiger charge is 2.36. The van der Waals surface area contributed by atoms with Crippen molar-refractivity contribution in [3.05, 3.63) is 57.3 Å². The Bertz CT molecular complexity index is 841. The van der Waals surface area contributed by atoms with Crippen LogP contribution in [-0.4, -0.2) is 32.2 Å². The quantitative estimate of drug-likeness (QED) is 0.626. The van der Waals surface area contributed by atoms with Crippen LogP contribution in [0.4, 0.5) is 4.79 Å². The van der Waals surface area contributed by atoms with Gasteiger partial charge in [-0.3, -0.25) is 0 Å². The molecule has 0 aromatic carbocycles. The second kappa shape index (κ2) is 8.41. The molecule has 2 aromatic heterocycles. The number of thiophene rings is 1. The highest BCUT2D eigenvalue weighted by molar-refractivity contribution is 7.10. The summed E-state index contributed by atoms with van der Waals surface area (Å²) in [5.41, 5.74) is 2.20. The molecule has 0 aliphatic carbocycles. The maximum Gasteiger partial charge on any atom is 0.338 e. The first-order valence-electron chi connectivity index (χ1n) is 8.85. The molecular weight excluding hydrogens is 366 g/mol. The van der Waals surface area contributed by atoms with Gasteiger partial charge in [-0.25, -0.2) is 9.59 Å². The first-order chi connectivity index (χ1) is 13.0. The lowest BCUT2D eigenvalue weighted by Crippen LogP contribution is -3.08. The van der Waals surface area contributed by atoms with Gasteiger partial charge in [0.25, 0.3) is 0 Å². The van der Waals surface area contributed by atoms with Crippen LogP contribution in [0.2, 0.25) is 0 Å². The number of furan rings is 1. The molecule has 8 heteroatoms. The van der Waals surface area contributed by atoms with Crippen LogP contribution in [0.3, 0.4) is 0 Å². The number of rotatable bonds is 7.